The molecule has 1 heterocycles. The zero-order chi connectivity index (χ0) is 14.3. The fourth-order valence-electron chi connectivity index (χ4n) is 3.60. The normalized spacial score (nSPS) is 36.0. The van der Waals surface area contributed by atoms with Crippen LogP contribution in [0.5, 0.6) is 0 Å². The van der Waals surface area contributed by atoms with Crippen molar-refractivity contribution in [3.8, 4) is 0 Å². The van der Waals surface area contributed by atoms with Gasteiger partial charge in [-0.25, -0.2) is 0 Å². The molecule has 1 saturated carbocycles. The number of ether oxygens (including phenoxy) is 1. The molecule has 0 aromatic rings. The minimum absolute atomic E-state index is 0.301. The molecule has 2 rings (SSSR count). The highest BCUT2D eigenvalue weighted by molar-refractivity contribution is 5.05. The first-order valence-electron chi connectivity index (χ1n) is 7.86. The molecule has 112 valence electrons. The van der Waals surface area contributed by atoms with E-state index in [2.05, 4.69) is 51.8 Å². The molecule has 1 aliphatic carbocycles. The molecule has 1 N–H and O–H groups in total. The standard InChI is InChI=1S/C16H32N2O/c1-7-19-14-10-13(16(14,5)6)18-9-8-17-12(11-18)15(2,3)4/h12-14,17H,7-11H2,1-6H3. The number of nitrogens with zero attached hydrogens (tertiary/aromatic N) is 1. The highest BCUT2D eigenvalue weighted by Gasteiger charge is 2.52. The minimum atomic E-state index is 0.301. The molecule has 0 amide bonds. The lowest BCUT2D eigenvalue weighted by Crippen LogP contribution is -2.67. The van der Waals surface area contributed by atoms with Crippen molar-refractivity contribution in [3.05, 3.63) is 0 Å². The van der Waals surface area contributed by atoms with Crippen LogP contribution in [-0.4, -0.2) is 49.3 Å². The molecule has 3 nitrogen and oxygen atoms in total. The van der Waals surface area contributed by atoms with Crippen molar-refractivity contribution in [2.45, 2.75) is 66.2 Å². The third-order valence-electron chi connectivity index (χ3n) is 5.19. The topological polar surface area (TPSA) is 24.5 Å². The SMILES string of the molecule is CCOC1CC(N2CCNC(C(C)(C)C)C2)C1(C)C. The highest BCUT2D eigenvalue weighted by atomic mass is 16.5. The third-order valence-corrected chi connectivity index (χ3v) is 5.19. The van der Waals surface area contributed by atoms with Crippen molar-refractivity contribution >= 4 is 0 Å². The van der Waals surface area contributed by atoms with Crippen molar-refractivity contribution in [2.75, 3.05) is 26.2 Å². The van der Waals surface area contributed by atoms with E-state index in [-0.39, 0.29) is 0 Å². The van der Waals surface area contributed by atoms with Gasteiger partial charge in [0.15, 0.2) is 0 Å². The molecule has 0 aromatic carbocycles. The summed E-state index contributed by atoms with van der Waals surface area (Å²) in [5, 5.41) is 3.68. The summed E-state index contributed by atoms with van der Waals surface area (Å²) in [7, 11) is 0. The van der Waals surface area contributed by atoms with Crippen molar-refractivity contribution < 1.29 is 4.74 Å². The average Bonchev–Trinajstić information content (AvgIpc) is 2.33. The third kappa shape index (κ3) is 2.98. The lowest BCUT2D eigenvalue weighted by Gasteiger charge is -2.58. The van der Waals surface area contributed by atoms with Crippen LogP contribution >= 0.6 is 0 Å². The van der Waals surface area contributed by atoms with E-state index in [9.17, 15) is 0 Å². The average molecular weight is 268 g/mol. The van der Waals surface area contributed by atoms with Gasteiger partial charge in [-0.3, -0.25) is 4.90 Å². The Labute approximate surface area is 119 Å². The van der Waals surface area contributed by atoms with E-state index in [1.165, 1.54) is 19.5 Å². The van der Waals surface area contributed by atoms with Gasteiger partial charge < -0.3 is 10.1 Å². The van der Waals surface area contributed by atoms with Crippen LogP contribution in [0.1, 0.15) is 48.0 Å². The number of rotatable bonds is 3. The smallest absolute Gasteiger partial charge is 0.0655 e. The van der Waals surface area contributed by atoms with Gasteiger partial charge >= 0.3 is 0 Å². The van der Waals surface area contributed by atoms with Crippen LogP contribution in [0.15, 0.2) is 0 Å². The number of hydrogen-bond donors (Lipinski definition) is 1. The Bertz CT molecular complexity index is 308. The van der Waals surface area contributed by atoms with Gasteiger partial charge in [0.25, 0.3) is 0 Å². The van der Waals surface area contributed by atoms with Crippen LogP contribution in [0.25, 0.3) is 0 Å². The molecule has 0 aromatic heterocycles. The van der Waals surface area contributed by atoms with E-state index >= 15 is 0 Å². The Morgan fingerprint density at radius 2 is 2.00 bits per heavy atom. The Morgan fingerprint density at radius 3 is 2.53 bits per heavy atom. The van der Waals surface area contributed by atoms with E-state index in [0.29, 0.717) is 29.0 Å². The Balaban J connectivity index is 1.96. The van der Waals surface area contributed by atoms with Gasteiger partial charge in [-0.15, -0.1) is 0 Å². The summed E-state index contributed by atoms with van der Waals surface area (Å²) in [6.07, 6.45) is 1.66. The van der Waals surface area contributed by atoms with Crippen molar-refractivity contribution in [2.24, 2.45) is 10.8 Å². The highest BCUT2D eigenvalue weighted by Crippen LogP contribution is 2.46. The van der Waals surface area contributed by atoms with E-state index in [4.69, 9.17) is 4.74 Å². The molecule has 2 aliphatic rings. The molecule has 0 radical (unpaired) electrons. The second kappa shape index (κ2) is 5.34. The molecular formula is C16H32N2O. The zero-order valence-electron chi connectivity index (χ0n) is 13.6. The fourth-order valence-corrected chi connectivity index (χ4v) is 3.60. The van der Waals surface area contributed by atoms with Gasteiger partial charge in [-0.05, 0) is 18.8 Å². The quantitative estimate of drug-likeness (QED) is 0.851. The lowest BCUT2D eigenvalue weighted by atomic mass is 9.63. The van der Waals surface area contributed by atoms with Crippen molar-refractivity contribution in [1.29, 1.82) is 0 Å². The summed E-state index contributed by atoms with van der Waals surface area (Å²) in [6, 6.07) is 1.29. The molecule has 3 unspecified atom stereocenters. The molecule has 0 bridgehead atoms. The number of hydrogen-bond acceptors (Lipinski definition) is 3. The summed E-state index contributed by atoms with van der Waals surface area (Å²) in [6.45, 7) is 18.2. The monoisotopic (exact) mass is 268 g/mol. The molecule has 0 spiro atoms. The Kier molecular flexibility index (Phi) is 4.29. The molecule has 2 fully saturated rings. The van der Waals surface area contributed by atoms with Crippen molar-refractivity contribution in [3.63, 3.8) is 0 Å². The van der Waals surface area contributed by atoms with E-state index in [1.807, 2.05) is 0 Å². The zero-order valence-corrected chi connectivity index (χ0v) is 13.6. The van der Waals surface area contributed by atoms with Gasteiger partial charge in [0.2, 0.25) is 0 Å². The fraction of sp³-hybridized carbons (Fsp3) is 1.00. The maximum absolute atomic E-state index is 5.87. The van der Waals surface area contributed by atoms with Crippen LogP contribution in [0.2, 0.25) is 0 Å². The summed E-state index contributed by atoms with van der Waals surface area (Å²) in [5.41, 5.74) is 0.641. The van der Waals surface area contributed by atoms with Gasteiger partial charge in [-0.2, -0.15) is 0 Å². The predicted octanol–water partition coefficient (Wildman–Crippen LogP) is 2.51. The molecule has 19 heavy (non-hydrogen) atoms. The molecule has 1 aliphatic heterocycles. The van der Waals surface area contributed by atoms with Gasteiger partial charge in [0.05, 0.1) is 6.10 Å². The van der Waals surface area contributed by atoms with Crippen molar-refractivity contribution in [1.82, 2.24) is 10.2 Å². The van der Waals surface area contributed by atoms with Gasteiger partial charge in [0, 0.05) is 43.7 Å². The van der Waals surface area contributed by atoms with E-state index in [0.717, 1.165) is 13.2 Å². The van der Waals surface area contributed by atoms with Crippen LogP contribution < -0.4 is 5.32 Å². The molecular weight excluding hydrogens is 236 g/mol. The Morgan fingerprint density at radius 1 is 1.32 bits per heavy atom. The second-order valence-corrected chi connectivity index (χ2v) is 7.88. The lowest BCUT2D eigenvalue weighted by molar-refractivity contribution is -0.155. The summed E-state index contributed by atoms with van der Waals surface area (Å²) >= 11 is 0. The first-order chi connectivity index (χ1) is 8.76. The first-order valence-corrected chi connectivity index (χ1v) is 7.86. The number of piperazine rings is 1. The Hall–Kier alpha value is -0.120. The van der Waals surface area contributed by atoms with Gasteiger partial charge in [0.1, 0.15) is 0 Å². The second-order valence-electron chi connectivity index (χ2n) is 7.88. The van der Waals surface area contributed by atoms with E-state index < -0.39 is 0 Å². The van der Waals surface area contributed by atoms with E-state index in [1.54, 1.807) is 0 Å². The first kappa shape index (κ1) is 15.3. The maximum Gasteiger partial charge on any atom is 0.0655 e. The minimum Gasteiger partial charge on any atom is -0.378 e. The summed E-state index contributed by atoms with van der Waals surface area (Å²) < 4.78 is 5.87. The largest absolute Gasteiger partial charge is 0.378 e. The number of nitrogens with one attached hydrogen (secondary N) is 1. The van der Waals surface area contributed by atoms with Crippen LogP contribution in [0.4, 0.5) is 0 Å². The molecule has 3 atom stereocenters. The maximum atomic E-state index is 5.87. The summed E-state index contributed by atoms with van der Waals surface area (Å²) in [4.78, 5) is 2.70. The molecule has 3 heteroatoms. The molecule has 1 saturated heterocycles. The summed E-state index contributed by atoms with van der Waals surface area (Å²) in [5.74, 6) is 0. The van der Waals surface area contributed by atoms with Crippen LogP contribution in [0.3, 0.4) is 0 Å². The van der Waals surface area contributed by atoms with Crippen LogP contribution in [0, 0.1) is 10.8 Å². The van der Waals surface area contributed by atoms with Crippen LogP contribution in [-0.2, 0) is 4.74 Å². The predicted molar refractivity (Wildman–Crippen MR) is 80.4 cm³/mol. The van der Waals surface area contributed by atoms with Gasteiger partial charge in [-0.1, -0.05) is 34.6 Å².